The van der Waals surface area contributed by atoms with Gasteiger partial charge >= 0.3 is 5.97 Å². The largest absolute Gasteiger partial charge is 0.512 e. The zero-order valence-electron chi connectivity index (χ0n) is 19.5. The molecule has 0 aromatic heterocycles. The molecule has 200 valence electrons. The molecule has 0 spiro atoms. The molecule has 0 aliphatic carbocycles. The minimum atomic E-state index is -4.31. The minimum absolute atomic E-state index is 0.249. The number of aliphatic carboxylic acids is 1. The van der Waals surface area contributed by atoms with Gasteiger partial charge in [-0.15, -0.1) is 0 Å². The van der Waals surface area contributed by atoms with Crippen molar-refractivity contribution in [3.8, 4) is 0 Å². The Kier molecular flexibility index (Phi) is 10.9. The number of unbranched alkanes of at least 4 members (excludes halogenated alkanes) is 1. The molecule has 9 atom stereocenters. The average Bonchev–Trinajstić information content (AvgIpc) is 3.00. The van der Waals surface area contributed by atoms with Gasteiger partial charge in [-0.25, -0.2) is 13.2 Å². The summed E-state index contributed by atoms with van der Waals surface area (Å²) < 4.78 is 25.2. The van der Waals surface area contributed by atoms with Crippen LogP contribution in [0.1, 0.15) is 46.5 Å². The third-order valence-electron chi connectivity index (χ3n) is 6.31. The van der Waals surface area contributed by atoms with Crippen LogP contribution in [0.4, 0.5) is 0 Å². The summed E-state index contributed by atoms with van der Waals surface area (Å²) in [6.07, 6.45) is -12.0. The fourth-order valence-electron chi connectivity index (χ4n) is 4.09. The second-order valence-electron chi connectivity index (χ2n) is 9.72. The zero-order valence-corrected chi connectivity index (χ0v) is 20.3. The van der Waals surface area contributed by atoms with E-state index in [1.165, 1.54) is 6.08 Å². The number of hydrogen-bond acceptors (Lipinski definition) is 11. The second-order valence-corrected chi connectivity index (χ2v) is 11.9. The molecule has 1 fully saturated rings. The highest BCUT2D eigenvalue weighted by Gasteiger charge is 2.55. The van der Waals surface area contributed by atoms with Crippen LogP contribution in [0, 0.1) is 11.3 Å². The standard InChI is InChI=1S/C21H38O12S/c1-4-5-7-21(2,3)8-6-10(22)12-11(23)9-34(32,33)19(12)17(28)15(26)13(24)14(25)16(27)18(29)20(30)31/h6,11-19,22-29H,4-5,7-9H2,1-3H3,(H,30,31)/b10-6+/t11-,12-,13?,14?,15?,16?,17?,18?,19-/m1/s1. The van der Waals surface area contributed by atoms with Crippen LogP contribution < -0.4 is 0 Å². The van der Waals surface area contributed by atoms with E-state index < -0.39 is 81.2 Å². The summed E-state index contributed by atoms with van der Waals surface area (Å²) in [4.78, 5) is 10.8. The summed E-state index contributed by atoms with van der Waals surface area (Å²) in [6.45, 7) is 5.91. The third kappa shape index (κ3) is 7.34. The Morgan fingerprint density at radius 1 is 1.00 bits per heavy atom. The summed E-state index contributed by atoms with van der Waals surface area (Å²) in [6, 6.07) is 0. The Hall–Kier alpha value is -1.32. The first kappa shape index (κ1) is 30.7. The normalized spacial score (nSPS) is 28.6. The molecule has 0 aromatic carbocycles. The number of carboxylic acid groups (broad SMARTS) is 1. The summed E-state index contributed by atoms with van der Waals surface area (Å²) in [5, 5.41) is 87.6. The van der Waals surface area contributed by atoms with Crippen LogP contribution in [-0.2, 0) is 14.6 Å². The van der Waals surface area contributed by atoms with E-state index >= 15 is 0 Å². The van der Waals surface area contributed by atoms with Gasteiger partial charge in [-0.2, -0.15) is 0 Å². The van der Waals surface area contributed by atoms with Gasteiger partial charge in [0.1, 0.15) is 35.8 Å². The molecule has 0 aromatic rings. The van der Waals surface area contributed by atoms with Crippen LogP contribution >= 0.6 is 0 Å². The van der Waals surface area contributed by atoms with Crippen molar-refractivity contribution in [3.63, 3.8) is 0 Å². The maximum absolute atomic E-state index is 12.6. The van der Waals surface area contributed by atoms with Crippen molar-refractivity contribution in [1.29, 1.82) is 0 Å². The van der Waals surface area contributed by atoms with Crippen LogP contribution in [0.2, 0.25) is 0 Å². The van der Waals surface area contributed by atoms with Crippen LogP contribution in [0.3, 0.4) is 0 Å². The van der Waals surface area contributed by atoms with E-state index in [-0.39, 0.29) is 5.41 Å². The van der Waals surface area contributed by atoms with Gasteiger partial charge in [-0.1, -0.05) is 33.6 Å². The van der Waals surface area contributed by atoms with Gasteiger partial charge in [0.05, 0.1) is 23.5 Å². The Bertz CT molecular complexity index is 811. The molecule has 0 bridgehead atoms. The maximum atomic E-state index is 12.6. The van der Waals surface area contributed by atoms with Crippen molar-refractivity contribution >= 4 is 15.8 Å². The quantitative estimate of drug-likeness (QED) is 0.122. The Balaban J connectivity index is 3.16. The fraction of sp³-hybridized carbons (Fsp3) is 0.857. The highest BCUT2D eigenvalue weighted by molar-refractivity contribution is 7.92. The van der Waals surface area contributed by atoms with Crippen molar-refractivity contribution in [1.82, 2.24) is 0 Å². The smallest absolute Gasteiger partial charge is 0.335 e. The van der Waals surface area contributed by atoms with E-state index in [9.17, 15) is 54.1 Å². The van der Waals surface area contributed by atoms with Crippen LogP contribution in [0.25, 0.3) is 0 Å². The maximum Gasteiger partial charge on any atom is 0.335 e. The molecule has 6 unspecified atom stereocenters. The highest BCUT2D eigenvalue weighted by atomic mass is 32.2. The number of aliphatic hydroxyl groups excluding tert-OH is 8. The Morgan fingerprint density at radius 3 is 2.03 bits per heavy atom. The van der Waals surface area contributed by atoms with Crippen molar-refractivity contribution in [2.24, 2.45) is 11.3 Å². The van der Waals surface area contributed by atoms with Crippen LogP contribution in [0.15, 0.2) is 11.8 Å². The lowest BCUT2D eigenvalue weighted by atomic mass is 9.82. The first-order valence-electron chi connectivity index (χ1n) is 11.1. The Morgan fingerprint density at radius 2 is 1.53 bits per heavy atom. The van der Waals surface area contributed by atoms with Crippen molar-refractivity contribution < 1.29 is 59.2 Å². The fourth-order valence-corrected chi connectivity index (χ4v) is 6.35. The monoisotopic (exact) mass is 514 g/mol. The Labute approximate surface area is 198 Å². The number of sulfone groups is 1. The van der Waals surface area contributed by atoms with E-state index in [2.05, 4.69) is 0 Å². The van der Waals surface area contributed by atoms with E-state index in [1.807, 2.05) is 20.8 Å². The van der Waals surface area contributed by atoms with Gasteiger partial charge in [-0.05, 0) is 24.3 Å². The first-order chi connectivity index (χ1) is 15.5. The van der Waals surface area contributed by atoms with Gasteiger partial charge in [-0.3, -0.25) is 0 Å². The van der Waals surface area contributed by atoms with Crippen LogP contribution in [-0.4, -0.2) is 114 Å². The summed E-state index contributed by atoms with van der Waals surface area (Å²) >= 11 is 0. The van der Waals surface area contributed by atoms with E-state index in [0.717, 1.165) is 19.3 Å². The number of carboxylic acids is 1. The van der Waals surface area contributed by atoms with Gasteiger partial charge < -0.3 is 46.0 Å². The third-order valence-corrected chi connectivity index (χ3v) is 8.52. The molecule has 0 saturated carbocycles. The molecule has 0 amide bonds. The lowest BCUT2D eigenvalue weighted by Gasteiger charge is -2.33. The predicted octanol–water partition coefficient (Wildman–Crippen LogP) is -1.94. The lowest BCUT2D eigenvalue weighted by Crippen LogP contribution is -2.57. The van der Waals surface area contributed by atoms with Gasteiger partial charge in [0, 0.05) is 0 Å². The topological polar surface area (TPSA) is 233 Å². The molecule has 1 aliphatic rings. The molecule has 1 heterocycles. The molecule has 1 aliphatic heterocycles. The van der Waals surface area contributed by atoms with E-state index in [1.54, 1.807) is 0 Å². The van der Waals surface area contributed by atoms with Crippen molar-refractivity contribution in [2.75, 3.05) is 5.75 Å². The van der Waals surface area contributed by atoms with Gasteiger partial charge in [0.25, 0.3) is 0 Å². The molecule has 13 heteroatoms. The number of rotatable bonds is 13. The molecular formula is C21H38O12S. The van der Waals surface area contributed by atoms with E-state index in [4.69, 9.17) is 5.11 Å². The molecule has 1 rings (SSSR count). The summed E-state index contributed by atoms with van der Waals surface area (Å²) in [5.41, 5.74) is -0.249. The van der Waals surface area contributed by atoms with Crippen molar-refractivity contribution in [3.05, 3.63) is 11.8 Å². The molecule has 9 N–H and O–H groups in total. The zero-order chi connectivity index (χ0) is 26.6. The number of allylic oxidation sites excluding steroid dienone is 1. The SMILES string of the molecule is CCCCC(C)(C)C/C=C(/O)[C@@H]1[C@H](O)CS(=O)(=O)[C@H]1C(O)C(O)C(O)C(O)C(O)C(O)C(=O)O. The van der Waals surface area contributed by atoms with Gasteiger partial charge in [0.15, 0.2) is 15.9 Å². The summed E-state index contributed by atoms with van der Waals surface area (Å²) in [5.74, 6) is -4.85. The first-order valence-corrected chi connectivity index (χ1v) is 12.8. The summed E-state index contributed by atoms with van der Waals surface area (Å²) in [7, 11) is -4.31. The average molecular weight is 515 g/mol. The van der Waals surface area contributed by atoms with Crippen LogP contribution in [0.5, 0.6) is 0 Å². The molecule has 1 saturated heterocycles. The molecular weight excluding hydrogens is 476 g/mol. The molecule has 0 radical (unpaired) electrons. The van der Waals surface area contributed by atoms with E-state index in [0.29, 0.717) is 6.42 Å². The van der Waals surface area contributed by atoms with Gasteiger partial charge in [0.2, 0.25) is 0 Å². The lowest BCUT2D eigenvalue weighted by molar-refractivity contribution is -0.174. The predicted molar refractivity (Wildman–Crippen MR) is 119 cm³/mol. The molecule has 34 heavy (non-hydrogen) atoms. The second kappa shape index (κ2) is 12.1. The highest BCUT2D eigenvalue weighted by Crippen LogP contribution is 2.37. The van der Waals surface area contributed by atoms with Crippen molar-refractivity contribution in [2.45, 2.75) is 94.4 Å². The molecule has 12 nitrogen and oxygen atoms in total. The minimum Gasteiger partial charge on any atom is -0.512 e. The number of carbonyl (C=O) groups is 1. The number of hydrogen-bond donors (Lipinski definition) is 9. The number of aliphatic hydroxyl groups is 8.